The largest absolute Gasteiger partial charge is 0.479 e. The highest BCUT2D eigenvalue weighted by atomic mass is 19.1. The number of hydrogen-bond donors (Lipinski definition) is 1. The van der Waals surface area contributed by atoms with Crippen LogP contribution in [0.1, 0.15) is 19.8 Å². The lowest BCUT2D eigenvalue weighted by atomic mass is 10.0. The van der Waals surface area contributed by atoms with Crippen LogP contribution in [0.2, 0.25) is 0 Å². The number of benzene rings is 1. The zero-order valence-electron chi connectivity index (χ0n) is 19.5. The SMILES string of the molecule is COc1nc(N[C@H]2CCN(C(C)=O)C[C@H]2F)nn2ccc(-c3ccc4nnn(CCCF)c4c3)c12. The number of likely N-dealkylation sites (tertiary alicyclic amines) is 1. The first-order valence-electron chi connectivity index (χ1n) is 11.5. The van der Waals surface area contributed by atoms with Crippen molar-refractivity contribution in [3.63, 3.8) is 0 Å². The van der Waals surface area contributed by atoms with Gasteiger partial charge in [-0.1, -0.05) is 11.3 Å². The Labute approximate surface area is 199 Å². The number of alkyl halides is 2. The summed E-state index contributed by atoms with van der Waals surface area (Å²) in [6.07, 6.45) is 1.36. The first kappa shape index (κ1) is 22.9. The Balaban J connectivity index is 1.46. The summed E-state index contributed by atoms with van der Waals surface area (Å²) in [4.78, 5) is 17.5. The molecule has 5 rings (SSSR count). The van der Waals surface area contributed by atoms with Gasteiger partial charge >= 0.3 is 0 Å². The molecule has 0 saturated carbocycles. The van der Waals surface area contributed by atoms with Crippen molar-refractivity contribution in [3.8, 4) is 17.0 Å². The lowest BCUT2D eigenvalue weighted by molar-refractivity contribution is -0.131. The number of ether oxygens (including phenoxy) is 1. The number of nitrogens with zero attached hydrogens (tertiary/aromatic N) is 7. The average molecular weight is 485 g/mol. The molecule has 35 heavy (non-hydrogen) atoms. The van der Waals surface area contributed by atoms with Crippen LogP contribution in [0, 0.1) is 0 Å². The summed E-state index contributed by atoms with van der Waals surface area (Å²) in [7, 11) is 1.52. The zero-order chi connectivity index (χ0) is 24.5. The molecule has 4 heterocycles. The molecule has 10 nitrogen and oxygen atoms in total. The van der Waals surface area contributed by atoms with Gasteiger partial charge in [0.1, 0.15) is 17.2 Å². The highest BCUT2D eigenvalue weighted by molar-refractivity contribution is 5.89. The summed E-state index contributed by atoms with van der Waals surface area (Å²) in [5.74, 6) is 0.442. The Hall–Kier alpha value is -3.83. The molecular formula is C23H26F2N8O2. The van der Waals surface area contributed by atoms with Crippen molar-refractivity contribution in [2.45, 2.75) is 38.5 Å². The number of aromatic nitrogens is 6. The predicted molar refractivity (Wildman–Crippen MR) is 126 cm³/mol. The lowest BCUT2D eigenvalue weighted by Gasteiger charge is -2.34. The van der Waals surface area contributed by atoms with Gasteiger partial charge in [0.05, 0.1) is 31.9 Å². The fourth-order valence-corrected chi connectivity index (χ4v) is 4.46. The molecule has 1 fully saturated rings. The van der Waals surface area contributed by atoms with Gasteiger partial charge in [-0.2, -0.15) is 4.98 Å². The summed E-state index contributed by atoms with van der Waals surface area (Å²) in [6.45, 7) is 1.97. The molecule has 0 unspecified atom stereocenters. The van der Waals surface area contributed by atoms with Gasteiger partial charge in [0, 0.05) is 31.8 Å². The van der Waals surface area contributed by atoms with E-state index in [1.165, 1.54) is 18.9 Å². The van der Waals surface area contributed by atoms with Crippen molar-refractivity contribution < 1.29 is 18.3 Å². The molecule has 0 bridgehead atoms. The number of carbonyl (C=O) groups excluding carboxylic acids is 1. The lowest BCUT2D eigenvalue weighted by Crippen LogP contribution is -2.49. The third-order valence-electron chi connectivity index (χ3n) is 6.30. The minimum atomic E-state index is -1.24. The normalized spacial score (nSPS) is 18.3. The van der Waals surface area contributed by atoms with E-state index in [1.807, 2.05) is 24.3 Å². The second-order valence-corrected chi connectivity index (χ2v) is 8.55. The summed E-state index contributed by atoms with van der Waals surface area (Å²) >= 11 is 0. The number of fused-ring (bicyclic) bond motifs is 2. The number of anilines is 1. The summed E-state index contributed by atoms with van der Waals surface area (Å²) in [5.41, 5.74) is 3.91. The van der Waals surface area contributed by atoms with Crippen LogP contribution in [0.25, 0.3) is 27.7 Å². The van der Waals surface area contributed by atoms with Gasteiger partial charge in [0.2, 0.25) is 17.7 Å². The third kappa shape index (κ3) is 4.35. The maximum Gasteiger partial charge on any atom is 0.244 e. The number of amides is 1. The van der Waals surface area contributed by atoms with Gasteiger partial charge in [0.25, 0.3) is 0 Å². The second kappa shape index (κ2) is 9.43. The van der Waals surface area contributed by atoms with Crippen molar-refractivity contribution >= 4 is 28.4 Å². The number of carbonyl (C=O) groups is 1. The Morgan fingerprint density at radius 1 is 1.31 bits per heavy atom. The Morgan fingerprint density at radius 2 is 2.17 bits per heavy atom. The molecule has 1 aliphatic heterocycles. The fraction of sp³-hybridized carbons (Fsp3) is 0.435. The van der Waals surface area contributed by atoms with E-state index in [-0.39, 0.29) is 18.4 Å². The van der Waals surface area contributed by atoms with Crippen LogP contribution in [0.15, 0.2) is 30.5 Å². The molecule has 1 amide bonds. The molecular weight excluding hydrogens is 458 g/mol. The minimum Gasteiger partial charge on any atom is -0.479 e. The molecule has 184 valence electrons. The minimum absolute atomic E-state index is 0.0410. The number of rotatable bonds is 7. The van der Waals surface area contributed by atoms with E-state index in [1.54, 1.807) is 15.4 Å². The number of piperidine rings is 1. The number of halogens is 2. The van der Waals surface area contributed by atoms with Crippen LogP contribution in [-0.4, -0.2) is 79.5 Å². The first-order chi connectivity index (χ1) is 17.0. The molecule has 1 saturated heterocycles. The van der Waals surface area contributed by atoms with Crippen LogP contribution in [0.5, 0.6) is 5.88 Å². The maximum absolute atomic E-state index is 14.7. The average Bonchev–Trinajstić information content (AvgIpc) is 3.47. The van der Waals surface area contributed by atoms with Crippen molar-refractivity contribution in [3.05, 3.63) is 30.5 Å². The van der Waals surface area contributed by atoms with E-state index in [9.17, 15) is 13.6 Å². The smallest absolute Gasteiger partial charge is 0.244 e. The maximum atomic E-state index is 14.7. The highest BCUT2D eigenvalue weighted by Crippen LogP contribution is 2.33. The predicted octanol–water partition coefficient (Wildman–Crippen LogP) is 2.88. The molecule has 2 atom stereocenters. The first-order valence-corrected chi connectivity index (χ1v) is 11.5. The molecule has 1 aliphatic rings. The summed E-state index contributed by atoms with van der Waals surface area (Å²) in [5, 5.41) is 15.9. The molecule has 0 aliphatic carbocycles. The van der Waals surface area contributed by atoms with Crippen molar-refractivity contribution in [1.82, 2.24) is 34.5 Å². The van der Waals surface area contributed by atoms with Crippen LogP contribution in [0.3, 0.4) is 0 Å². The number of hydrogen-bond acceptors (Lipinski definition) is 7. The number of nitrogens with one attached hydrogen (secondary N) is 1. The standard InChI is InChI=1S/C23H26F2N8O2/c1-14(34)31-10-7-18(17(25)13-31)26-23-27-22(35-2)21-16(6-11-33(21)29-23)15-4-5-19-20(12-15)32(30-28-19)9-3-8-24/h4-6,11-12,17-18H,3,7-10,13H2,1-2H3,(H,26,29)/t17-,18+/m1/s1. The molecule has 1 aromatic carbocycles. The molecule has 4 aromatic rings. The van der Waals surface area contributed by atoms with Crippen LogP contribution < -0.4 is 10.1 Å². The van der Waals surface area contributed by atoms with Gasteiger partial charge in [0.15, 0.2) is 0 Å². The van der Waals surface area contributed by atoms with Gasteiger partial charge in [-0.15, -0.1) is 10.2 Å². The Bertz CT molecular complexity index is 1370. The molecule has 0 radical (unpaired) electrons. The van der Waals surface area contributed by atoms with Gasteiger partial charge in [-0.25, -0.2) is 13.6 Å². The summed E-state index contributed by atoms with van der Waals surface area (Å²) < 4.78 is 36.3. The topological polar surface area (TPSA) is 102 Å². The van der Waals surface area contributed by atoms with Crippen LogP contribution in [0.4, 0.5) is 14.7 Å². The number of methoxy groups -OCH3 is 1. The monoisotopic (exact) mass is 484 g/mol. The zero-order valence-corrected chi connectivity index (χ0v) is 19.5. The van der Waals surface area contributed by atoms with Gasteiger partial charge in [-0.3, -0.25) is 9.18 Å². The quantitative estimate of drug-likeness (QED) is 0.430. The summed E-state index contributed by atoms with van der Waals surface area (Å²) in [6, 6.07) is 7.13. The van der Waals surface area contributed by atoms with E-state index in [4.69, 9.17) is 4.74 Å². The van der Waals surface area contributed by atoms with Gasteiger partial charge < -0.3 is 15.0 Å². The fourth-order valence-electron chi connectivity index (χ4n) is 4.46. The molecule has 12 heteroatoms. The molecule has 1 N–H and O–H groups in total. The molecule has 3 aromatic heterocycles. The highest BCUT2D eigenvalue weighted by Gasteiger charge is 2.31. The van der Waals surface area contributed by atoms with E-state index >= 15 is 0 Å². The van der Waals surface area contributed by atoms with Crippen molar-refractivity contribution in [1.29, 1.82) is 0 Å². The second-order valence-electron chi connectivity index (χ2n) is 8.55. The van der Waals surface area contributed by atoms with E-state index < -0.39 is 18.9 Å². The Morgan fingerprint density at radius 3 is 2.91 bits per heavy atom. The van der Waals surface area contributed by atoms with Crippen molar-refractivity contribution in [2.24, 2.45) is 0 Å². The van der Waals surface area contributed by atoms with Crippen LogP contribution in [-0.2, 0) is 11.3 Å². The van der Waals surface area contributed by atoms with E-state index in [2.05, 4.69) is 25.7 Å². The van der Waals surface area contributed by atoms with E-state index in [0.29, 0.717) is 37.3 Å². The molecule has 0 spiro atoms. The Kier molecular flexibility index (Phi) is 6.18. The van der Waals surface area contributed by atoms with Crippen molar-refractivity contribution in [2.75, 3.05) is 32.2 Å². The van der Waals surface area contributed by atoms with Crippen LogP contribution >= 0.6 is 0 Å². The van der Waals surface area contributed by atoms with E-state index in [0.717, 1.165) is 22.2 Å². The third-order valence-corrected chi connectivity index (χ3v) is 6.30. The van der Waals surface area contributed by atoms with Gasteiger partial charge in [-0.05, 0) is 36.6 Å². The number of aryl methyl sites for hydroxylation is 1.